The van der Waals surface area contributed by atoms with Crippen LogP contribution in [0, 0.1) is 0 Å². The Bertz CT molecular complexity index is 673. The predicted octanol–water partition coefficient (Wildman–Crippen LogP) is 4.46. The SMILES string of the molecule is CC(Nc1ccc(Cl)cc1)(C(N)=O)c1cccc(Cl)c1Cl. The number of primary amides is 1. The van der Waals surface area contributed by atoms with E-state index < -0.39 is 11.4 Å². The summed E-state index contributed by atoms with van der Waals surface area (Å²) in [6, 6.07) is 12.0. The fourth-order valence-electron chi connectivity index (χ4n) is 1.97. The van der Waals surface area contributed by atoms with Crippen LogP contribution in [0.15, 0.2) is 42.5 Å². The third-order valence-electron chi connectivity index (χ3n) is 3.22. The molecule has 21 heavy (non-hydrogen) atoms. The Morgan fingerprint density at radius 2 is 1.71 bits per heavy atom. The second kappa shape index (κ2) is 6.14. The van der Waals surface area contributed by atoms with Crippen LogP contribution in [0.4, 0.5) is 5.69 Å². The maximum Gasteiger partial charge on any atom is 0.247 e. The van der Waals surface area contributed by atoms with E-state index in [1.807, 2.05) is 0 Å². The number of carbonyl (C=O) groups excluding carboxylic acids is 1. The lowest BCUT2D eigenvalue weighted by atomic mass is 9.90. The first-order valence-corrected chi connectivity index (χ1v) is 7.26. The number of rotatable bonds is 4. The Morgan fingerprint density at radius 3 is 2.29 bits per heavy atom. The van der Waals surface area contributed by atoms with E-state index in [4.69, 9.17) is 40.5 Å². The highest BCUT2D eigenvalue weighted by molar-refractivity contribution is 6.42. The van der Waals surface area contributed by atoms with Crippen LogP contribution in [-0.4, -0.2) is 5.91 Å². The van der Waals surface area contributed by atoms with Gasteiger partial charge < -0.3 is 11.1 Å². The Labute approximate surface area is 138 Å². The van der Waals surface area contributed by atoms with Gasteiger partial charge in [0.1, 0.15) is 5.54 Å². The van der Waals surface area contributed by atoms with Gasteiger partial charge in [-0.15, -0.1) is 0 Å². The number of hydrogen-bond donors (Lipinski definition) is 2. The average Bonchev–Trinajstić information content (AvgIpc) is 2.44. The minimum absolute atomic E-state index is 0.293. The summed E-state index contributed by atoms with van der Waals surface area (Å²) in [7, 11) is 0. The fraction of sp³-hybridized carbons (Fsp3) is 0.133. The van der Waals surface area contributed by atoms with Crippen molar-refractivity contribution in [1.29, 1.82) is 0 Å². The van der Waals surface area contributed by atoms with E-state index in [0.29, 0.717) is 26.3 Å². The molecule has 6 heteroatoms. The molecule has 2 rings (SSSR count). The van der Waals surface area contributed by atoms with E-state index in [2.05, 4.69) is 5.32 Å². The van der Waals surface area contributed by atoms with Crippen molar-refractivity contribution in [1.82, 2.24) is 0 Å². The molecule has 2 aromatic carbocycles. The number of benzene rings is 2. The summed E-state index contributed by atoms with van der Waals surface area (Å²) in [5, 5.41) is 4.34. The molecule has 3 N–H and O–H groups in total. The summed E-state index contributed by atoms with van der Waals surface area (Å²) >= 11 is 18.1. The molecular formula is C15H13Cl3N2O. The molecule has 0 fully saturated rings. The standard InChI is InChI=1S/C15H13Cl3N2O/c1-15(14(19)21,11-3-2-4-12(17)13(11)18)20-10-7-5-9(16)6-8-10/h2-8,20H,1H3,(H2,19,21). The van der Waals surface area contributed by atoms with Gasteiger partial charge in [-0.25, -0.2) is 0 Å². The van der Waals surface area contributed by atoms with Gasteiger partial charge in [0.05, 0.1) is 10.0 Å². The average molecular weight is 344 g/mol. The van der Waals surface area contributed by atoms with Gasteiger partial charge in [0, 0.05) is 16.3 Å². The third-order valence-corrected chi connectivity index (χ3v) is 4.29. The van der Waals surface area contributed by atoms with Crippen LogP contribution < -0.4 is 11.1 Å². The van der Waals surface area contributed by atoms with Gasteiger partial charge in [-0.3, -0.25) is 4.79 Å². The highest BCUT2D eigenvalue weighted by Crippen LogP contribution is 2.35. The maximum atomic E-state index is 12.0. The third kappa shape index (κ3) is 3.26. The quantitative estimate of drug-likeness (QED) is 0.861. The smallest absolute Gasteiger partial charge is 0.247 e. The summed E-state index contributed by atoms with van der Waals surface area (Å²) in [4.78, 5) is 12.0. The molecule has 3 nitrogen and oxygen atoms in total. The van der Waals surface area contributed by atoms with Crippen molar-refractivity contribution in [3.8, 4) is 0 Å². The number of carbonyl (C=O) groups is 1. The van der Waals surface area contributed by atoms with Crippen molar-refractivity contribution >= 4 is 46.4 Å². The van der Waals surface area contributed by atoms with Gasteiger partial charge in [-0.2, -0.15) is 0 Å². The zero-order valence-corrected chi connectivity index (χ0v) is 13.4. The summed E-state index contributed by atoms with van der Waals surface area (Å²) in [5.74, 6) is -0.568. The molecule has 0 aliphatic carbocycles. The summed E-state index contributed by atoms with van der Waals surface area (Å²) < 4.78 is 0. The van der Waals surface area contributed by atoms with Crippen LogP contribution >= 0.6 is 34.8 Å². The van der Waals surface area contributed by atoms with Crippen LogP contribution in [0.25, 0.3) is 0 Å². The number of nitrogens with one attached hydrogen (secondary N) is 1. The molecule has 1 unspecified atom stereocenters. The van der Waals surface area contributed by atoms with Crippen LogP contribution in [0.5, 0.6) is 0 Å². The van der Waals surface area contributed by atoms with Crippen LogP contribution in [0.1, 0.15) is 12.5 Å². The Kier molecular flexibility index (Phi) is 4.67. The van der Waals surface area contributed by atoms with Gasteiger partial charge >= 0.3 is 0 Å². The van der Waals surface area contributed by atoms with Gasteiger partial charge in [0.25, 0.3) is 0 Å². The number of halogens is 3. The van der Waals surface area contributed by atoms with Crippen LogP contribution in [0.2, 0.25) is 15.1 Å². The van der Waals surface area contributed by atoms with Crippen molar-refractivity contribution in [2.24, 2.45) is 5.73 Å². The molecule has 0 spiro atoms. The highest BCUT2D eigenvalue weighted by atomic mass is 35.5. The molecule has 0 aliphatic rings. The second-order valence-corrected chi connectivity index (χ2v) is 5.94. The predicted molar refractivity (Wildman–Crippen MR) is 88.1 cm³/mol. The molecule has 0 radical (unpaired) electrons. The minimum atomic E-state index is -1.20. The van der Waals surface area contributed by atoms with Crippen molar-refractivity contribution in [3.63, 3.8) is 0 Å². The highest BCUT2D eigenvalue weighted by Gasteiger charge is 2.35. The van der Waals surface area contributed by atoms with Crippen molar-refractivity contribution in [2.75, 3.05) is 5.32 Å². The number of hydrogen-bond acceptors (Lipinski definition) is 2. The zero-order chi connectivity index (χ0) is 15.6. The lowest BCUT2D eigenvalue weighted by Crippen LogP contribution is -2.45. The summed E-state index contributed by atoms with van der Waals surface area (Å²) in [6.07, 6.45) is 0. The summed E-state index contributed by atoms with van der Waals surface area (Å²) in [5.41, 5.74) is 5.58. The maximum absolute atomic E-state index is 12.0. The molecule has 0 bridgehead atoms. The lowest BCUT2D eigenvalue weighted by Gasteiger charge is -2.30. The molecule has 0 saturated heterocycles. The van der Waals surface area contributed by atoms with E-state index in [0.717, 1.165) is 0 Å². The number of amides is 1. The van der Waals surface area contributed by atoms with Gasteiger partial charge in [-0.05, 0) is 37.3 Å². The van der Waals surface area contributed by atoms with Gasteiger partial charge in [0.15, 0.2) is 0 Å². The van der Waals surface area contributed by atoms with E-state index in [1.54, 1.807) is 49.4 Å². The molecule has 0 heterocycles. The number of nitrogens with two attached hydrogens (primary N) is 1. The Balaban J connectivity index is 2.48. The number of anilines is 1. The van der Waals surface area contributed by atoms with Crippen molar-refractivity contribution in [2.45, 2.75) is 12.5 Å². The molecule has 2 aromatic rings. The molecule has 110 valence electrons. The normalized spacial score (nSPS) is 13.5. The molecule has 0 saturated carbocycles. The molecule has 0 aliphatic heterocycles. The van der Waals surface area contributed by atoms with E-state index in [1.165, 1.54) is 0 Å². The van der Waals surface area contributed by atoms with Crippen molar-refractivity contribution < 1.29 is 4.79 Å². The topological polar surface area (TPSA) is 55.1 Å². The summed E-state index contributed by atoms with van der Waals surface area (Å²) in [6.45, 7) is 1.65. The Morgan fingerprint density at radius 1 is 1.10 bits per heavy atom. The first-order valence-electron chi connectivity index (χ1n) is 6.13. The first kappa shape index (κ1) is 16.0. The zero-order valence-electron chi connectivity index (χ0n) is 11.2. The molecule has 1 atom stereocenters. The van der Waals surface area contributed by atoms with Gasteiger partial charge in [-0.1, -0.05) is 46.9 Å². The van der Waals surface area contributed by atoms with E-state index in [-0.39, 0.29) is 0 Å². The first-order chi connectivity index (χ1) is 9.84. The van der Waals surface area contributed by atoms with Crippen LogP contribution in [-0.2, 0) is 10.3 Å². The molecular weight excluding hydrogens is 331 g/mol. The lowest BCUT2D eigenvalue weighted by molar-refractivity contribution is -0.122. The monoisotopic (exact) mass is 342 g/mol. The Hall–Kier alpha value is -1.42. The van der Waals surface area contributed by atoms with Crippen molar-refractivity contribution in [3.05, 3.63) is 63.1 Å². The fourth-order valence-corrected chi connectivity index (χ4v) is 2.59. The van der Waals surface area contributed by atoms with Gasteiger partial charge in [0.2, 0.25) is 5.91 Å². The minimum Gasteiger partial charge on any atom is -0.368 e. The molecule has 0 aromatic heterocycles. The van der Waals surface area contributed by atoms with Crippen LogP contribution in [0.3, 0.4) is 0 Å². The molecule has 1 amide bonds. The second-order valence-electron chi connectivity index (χ2n) is 4.72. The van der Waals surface area contributed by atoms with E-state index in [9.17, 15) is 4.79 Å². The largest absolute Gasteiger partial charge is 0.368 e. The van der Waals surface area contributed by atoms with E-state index >= 15 is 0 Å².